The van der Waals surface area contributed by atoms with E-state index in [1.54, 1.807) is 0 Å². The predicted octanol–water partition coefficient (Wildman–Crippen LogP) is 4.08. The molecule has 2 saturated heterocycles. The third-order valence-electron chi connectivity index (χ3n) is 5.43. The minimum absolute atomic E-state index is 0.155. The van der Waals surface area contributed by atoms with Crippen LogP contribution in [-0.2, 0) is 10.3 Å². The van der Waals surface area contributed by atoms with Crippen LogP contribution in [0, 0.1) is 5.92 Å². The maximum atomic E-state index is 6.07. The minimum Gasteiger partial charge on any atom is -0.381 e. The van der Waals surface area contributed by atoms with Gasteiger partial charge in [0.2, 0.25) is 0 Å². The maximum Gasteiger partial charge on any atom is 0.0515 e. The zero-order valence-corrected chi connectivity index (χ0v) is 13.2. The zero-order chi connectivity index (χ0) is 14.2. The van der Waals surface area contributed by atoms with Gasteiger partial charge in [-0.05, 0) is 57.4 Å². The fourth-order valence-electron chi connectivity index (χ4n) is 4.35. The molecule has 0 saturated carbocycles. The number of rotatable bonds is 4. The fourth-order valence-corrected chi connectivity index (χ4v) is 4.47. The number of nitrogens with zero attached hydrogens (tertiary/aromatic N) is 1. The summed E-state index contributed by atoms with van der Waals surface area (Å²) in [6.45, 7) is 3.76. The van der Waals surface area contributed by atoms with Crippen LogP contribution in [-0.4, -0.2) is 31.2 Å². The molecule has 2 nitrogen and oxygen atoms in total. The van der Waals surface area contributed by atoms with Gasteiger partial charge in [0.25, 0.3) is 0 Å². The summed E-state index contributed by atoms with van der Waals surface area (Å²) in [7, 11) is 2.30. The summed E-state index contributed by atoms with van der Waals surface area (Å²) in [6.07, 6.45) is 5.14. The molecule has 2 aliphatic rings. The highest BCUT2D eigenvalue weighted by Crippen LogP contribution is 2.52. The lowest BCUT2D eigenvalue weighted by molar-refractivity contribution is -0.0264. The molecule has 3 rings (SSSR count). The van der Waals surface area contributed by atoms with Crippen LogP contribution in [0.4, 0.5) is 0 Å². The second kappa shape index (κ2) is 5.67. The van der Waals surface area contributed by atoms with Crippen LogP contribution in [0.3, 0.4) is 0 Å². The molecule has 3 heteroatoms. The van der Waals surface area contributed by atoms with Crippen LogP contribution in [0.25, 0.3) is 0 Å². The molecular weight excluding hydrogens is 270 g/mol. The average Bonchev–Trinajstić information content (AvgIpc) is 2.68. The van der Waals surface area contributed by atoms with Crippen molar-refractivity contribution < 1.29 is 4.74 Å². The molecule has 1 unspecified atom stereocenters. The van der Waals surface area contributed by atoms with Crippen LogP contribution in [0.5, 0.6) is 0 Å². The summed E-state index contributed by atoms with van der Waals surface area (Å²) >= 11 is 6.07. The highest BCUT2D eigenvalue weighted by molar-refractivity contribution is 6.30. The molecule has 0 spiro atoms. The number of hydrogen-bond donors (Lipinski definition) is 0. The normalized spacial score (nSPS) is 33.5. The quantitative estimate of drug-likeness (QED) is 0.829. The third-order valence-corrected chi connectivity index (χ3v) is 5.68. The van der Waals surface area contributed by atoms with E-state index in [4.69, 9.17) is 16.3 Å². The number of piperidine rings is 1. The van der Waals surface area contributed by atoms with Crippen molar-refractivity contribution in [3.8, 4) is 0 Å². The Hall–Kier alpha value is -0.570. The molecule has 0 amide bonds. The maximum absolute atomic E-state index is 6.07. The van der Waals surface area contributed by atoms with E-state index in [2.05, 4.69) is 31.0 Å². The fraction of sp³-hybridized carbons (Fsp3) is 0.647. The first-order valence-electron chi connectivity index (χ1n) is 7.75. The molecule has 1 aromatic carbocycles. The lowest BCUT2D eigenvalue weighted by Crippen LogP contribution is -2.52. The number of fused-ring (bicyclic) bond motifs is 2. The Morgan fingerprint density at radius 3 is 2.70 bits per heavy atom. The van der Waals surface area contributed by atoms with Crippen LogP contribution in [0.2, 0.25) is 5.02 Å². The molecule has 2 fully saturated rings. The molecule has 2 bridgehead atoms. The topological polar surface area (TPSA) is 12.5 Å². The molecule has 20 heavy (non-hydrogen) atoms. The third kappa shape index (κ3) is 2.18. The predicted molar refractivity (Wildman–Crippen MR) is 83.1 cm³/mol. The number of hydrogen-bond acceptors (Lipinski definition) is 2. The first-order chi connectivity index (χ1) is 9.68. The molecule has 0 aromatic heterocycles. The van der Waals surface area contributed by atoms with Gasteiger partial charge in [-0.1, -0.05) is 23.7 Å². The van der Waals surface area contributed by atoms with Gasteiger partial charge in [-0.25, -0.2) is 0 Å². The number of halogens is 1. The summed E-state index contributed by atoms with van der Waals surface area (Å²) in [5.41, 5.74) is 1.57. The monoisotopic (exact) mass is 293 g/mol. The Kier molecular flexibility index (Phi) is 4.07. The van der Waals surface area contributed by atoms with E-state index < -0.39 is 0 Å². The molecule has 110 valence electrons. The first kappa shape index (κ1) is 14.4. The van der Waals surface area contributed by atoms with Crippen molar-refractivity contribution in [3.05, 3.63) is 34.9 Å². The highest BCUT2D eigenvalue weighted by Gasteiger charge is 2.53. The Morgan fingerprint density at radius 1 is 1.25 bits per heavy atom. The SMILES string of the molecule is CCOCC1CC[C@@H]2CC[C@@]1(c1ccc(Cl)cc1)N2C. The Morgan fingerprint density at radius 2 is 2.00 bits per heavy atom. The van der Waals surface area contributed by atoms with E-state index in [1.807, 2.05) is 12.1 Å². The Balaban J connectivity index is 1.97. The lowest BCUT2D eigenvalue weighted by Gasteiger charge is -2.49. The molecule has 1 aromatic rings. The van der Waals surface area contributed by atoms with Crippen LogP contribution >= 0.6 is 11.6 Å². The average molecular weight is 294 g/mol. The van der Waals surface area contributed by atoms with Gasteiger partial charge in [0, 0.05) is 23.6 Å². The molecule has 0 radical (unpaired) electrons. The highest BCUT2D eigenvalue weighted by atomic mass is 35.5. The summed E-state index contributed by atoms with van der Waals surface area (Å²) < 4.78 is 5.79. The van der Waals surface area contributed by atoms with Crippen LogP contribution < -0.4 is 0 Å². The van der Waals surface area contributed by atoms with Gasteiger partial charge in [0.1, 0.15) is 0 Å². The van der Waals surface area contributed by atoms with Gasteiger partial charge in [0.05, 0.1) is 12.1 Å². The van der Waals surface area contributed by atoms with Gasteiger partial charge < -0.3 is 4.74 Å². The van der Waals surface area contributed by atoms with Gasteiger partial charge in [-0.3, -0.25) is 4.90 Å². The van der Waals surface area contributed by atoms with E-state index in [1.165, 1.54) is 31.2 Å². The second-order valence-electron chi connectivity index (χ2n) is 6.17. The summed E-state index contributed by atoms with van der Waals surface area (Å²) in [4.78, 5) is 2.61. The lowest BCUT2D eigenvalue weighted by atomic mass is 9.73. The summed E-state index contributed by atoms with van der Waals surface area (Å²) in [5.74, 6) is 0.590. The van der Waals surface area contributed by atoms with Crippen molar-refractivity contribution in [1.29, 1.82) is 0 Å². The van der Waals surface area contributed by atoms with Crippen molar-refractivity contribution in [2.75, 3.05) is 20.3 Å². The Bertz CT molecular complexity index is 461. The van der Waals surface area contributed by atoms with Gasteiger partial charge in [-0.2, -0.15) is 0 Å². The largest absolute Gasteiger partial charge is 0.381 e. The van der Waals surface area contributed by atoms with Gasteiger partial charge in [0.15, 0.2) is 0 Å². The standard InChI is InChI=1S/C17H24ClNO/c1-3-20-12-14-6-9-16-10-11-17(14,19(16)2)13-4-7-15(18)8-5-13/h4-5,7-8,14,16H,3,6,9-12H2,1-2H3/t14?,16-,17+/m1/s1. The van der Waals surface area contributed by atoms with E-state index in [9.17, 15) is 0 Å². The van der Waals surface area contributed by atoms with E-state index in [-0.39, 0.29) is 5.54 Å². The van der Waals surface area contributed by atoms with Crippen LogP contribution in [0.15, 0.2) is 24.3 Å². The van der Waals surface area contributed by atoms with Gasteiger partial charge >= 0.3 is 0 Å². The van der Waals surface area contributed by atoms with E-state index in [0.29, 0.717) is 5.92 Å². The van der Waals surface area contributed by atoms with Crippen molar-refractivity contribution in [2.24, 2.45) is 5.92 Å². The summed E-state index contributed by atoms with van der Waals surface area (Å²) in [6, 6.07) is 9.22. The van der Waals surface area contributed by atoms with E-state index >= 15 is 0 Å². The molecule has 3 atom stereocenters. The van der Waals surface area contributed by atoms with Crippen molar-refractivity contribution >= 4 is 11.6 Å². The minimum atomic E-state index is 0.155. The summed E-state index contributed by atoms with van der Waals surface area (Å²) in [5, 5.41) is 0.819. The van der Waals surface area contributed by atoms with Crippen molar-refractivity contribution in [1.82, 2.24) is 4.90 Å². The molecule has 2 aliphatic heterocycles. The van der Waals surface area contributed by atoms with E-state index in [0.717, 1.165) is 24.3 Å². The smallest absolute Gasteiger partial charge is 0.0515 e. The first-order valence-corrected chi connectivity index (χ1v) is 8.13. The van der Waals surface area contributed by atoms with Crippen molar-refractivity contribution in [2.45, 2.75) is 44.2 Å². The molecule has 0 N–H and O–H groups in total. The molecular formula is C17H24ClNO. The Labute approximate surface area is 127 Å². The van der Waals surface area contributed by atoms with Crippen LogP contribution in [0.1, 0.15) is 38.2 Å². The van der Waals surface area contributed by atoms with Crippen molar-refractivity contribution in [3.63, 3.8) is 0 Å². The zero-order valence-electron chi connectivity index (χ0n) is 12.4. The second-order valence-corrected chi connectivity index (χ2v) is 6.60. The molecule has 2 heterocycles. The number of ether oxygens (including phenoxy) is 1. The molecule has 0 aliphatic carbocycles. The van der Waals surface area contributed by atoms with Gasteiger partial charge in [-0.15, -0.1) is 0 Å². The number of benzene rings is 1.